The fourth-order valence-corrected chi connectivity index (χ4v) is 3.31. The van der Waals surface area contributed by atoms with Crippen molar-refractivity contribution >= 4 is 11.6 Å². The first-order valence-electron chi connectivity index (χ1n) is 9.95. The van der Waals surface area contributed by atoms with Crippen LogP contribution in [0.2, 0.25) is 0 Å². The highest BCUT2D eigenvalue weighted by Crippen LogP contribution is 2.31. The van der Waals surface area contributed by atoms with Gasteiger partial charge in [0, 0.05) is 11.3 Å². The smallest absolute Gasteiger partial charge is 0.255 e. The summed E-state index contributed by atoms with van der Waals surface area (Å²) in [6, 6.07) is 11.2. The van der Waals surface area contributed by atoms with E-state index in [1.54, 1.807) is 25.3 Å². The highest BCUT2D eigenvalue weighted by Gasteiger charge is 2.16. The molecule has 1 amide bonds. The van der Waals surface area contributed by atoms with E-state index in [1.165, 1.54) is 0 Å². The van der Waals surface area contributed by atoms with Crippen LogP contribution in [0.15, 0.2) is 40.9 Å². The van der Waals surface area contributed by atoms with Gasteiger partial charge in [-0.15, -0.1) is 0 Å². The minimum absolute atomic E-state index is 0.193. The maximum Gasteiger partial charge on any atom is 0.255 e. The van der Waals surface area contributed by atoms with Crippen LogP contribution in [0, 0.1) is 20.8 Å². The molecule has 0 aliphatic heterocycles. The van der Waals surface area contributed by atoms with E-state index in [4.69, 9.17) is 14.0 Å². The Morgan fingerprint density at radius 1 is 1.13 bits per heavy atom. The van der Waals surface area contributed by atoms with Crippen molar-refractivity contribution in [1.29, 1.82) is 0 Å². The van der Waals surface area contributed by atoms with Gasteiger partial charge in [0.2, 0.25) is 0 Å². The topological polar surface area (TPSA) is 73.6 Å². The summed E-state index contributed by atoms with van der Waals surface area (Å²) >= 11 is 0. The number of carbonyl (C=O) groups is 1. The monoisotopic (exact) mass is 408 g/mol. The second-order valence-electron chi connectivity index (χ2n) is 7.61. The first-order valence-corrected chi connectivity index (χ1v) is 9.95. The average Bonchev–Trinajstić information content (AvgIpc) is 3.05. The van der Waals surface area contributed by atoms with Gasteiger partial charge in [-0.3, -0.25) is 4.79 Å². The predicted molar refractivity (Wildman–Crippen MR) is 117 cm³/mol. The van der Waals surface area contributed by atoms with E-state index in [0.29, 0.717) is 29.6 Å². The molecule has 3 rings (SSSR count). The summed E-state index contributed by atoms with van der Waals surface area (Å²) in [5, 5.41) is 7.00. The van der Waals surface area contributed by atoms with Gasteiger partial charge in [-0.2, -0.15) is 0 Å². The van der Waals surface area contributed by atoms with Crippen molar-refractivity contribution in [3.8, 4) is 11.5 Å². The first-order chi connectivity index (χ1) is 14.3. The molecule has 0 spiro atoms. The molecule has 0 fully saturated rings. The van der Waals surface area contributed by atoms with Gasteiger partial charge in [0.25, 0.3) is 5.91 Å². The Bertz CT molecular complexity index is 1030. The lowest BCUT2D eigenvalue weighted by atomic mass is 9.98. The lowest BCUT2D eigenvalue weighted by Crippen LogP contribution is -2.15. The molecule has 6 nitrogen and oxygen atoms in total. The Hall–Kier alpha value is -3.28. The highest BCUT2D eigenvalue weighted by molar-refractivity contribution is 6.05. The average molecular weight is 408 g/mol. The van der Waals surface area contributed by atoms with Crippen molar-refractivity contribution < 1.29 is 18.8 Å². The molecule has 3 aromatic rings. The summed E-state index contributed by atoms with van der Waals surface area (Å²) in [6.45, 7) is 10.2. The largest absolute Gasteiger partial charge is 0.493 e. The third-order valence-corrected chi connectivity index (χ3v) is 5.14. The minimum Gasteiger partial charge on any atom is -0.493 e. The predicted octanol–water partition coefficient (Wildman–Crippen LogP) is 5.56. The number of hydrogen-bond donors (Lipinski definition) is 1. The van der Waals surface area contributed by atoms with Crippen LogP contribution in [-0.2, 0) is 6.61 Å². The quantitative estimate of drug-likeness (QED) is 0.554. The number of amides is 1. The maximum atomic E-state index is 12.9. The molecule has 0 saturated carbocycles. The number of nitrogens with zero attached hydrogens (tertiary/aromatic N) is 1. The van der Waals surface area contributed by atoms with Crippen molar-refractivity contribution in [1.82, 2.24) is 5.16 Å². The molecule has 6 heteroatoms. The number of anilines is 1. The third kappa shape index (κ3) is 4.48. The van der Waals surface area contributed by atoms with Gasteiger partial charge in [-0.25, -0.2) is 0 Å². The molecule has 0 unspecified atom stereocenters. The Balaban J connectivity index is 1.80. The molecule has 1 aromatic heterocycles. The van der Waals surface area contributed by atoms with Gasteiger partial charge in [-0.1, -0.05) is 37.2 Å². The Morgan fingerprint density at radius 2 is 1.90 bits per heavy atom. The zero-order valence-electron chi connectivity index (χ0n) is 18.3. The van der Waals surface area contributed by atoms with Crippen LogP contribution in [0.1, 0.15) is 58.3 Å². The van der Waals surface area contributed by atoms with Crippen molar-refractivity contribution in [3.63, 3.8) is 0 Å². The summed E-state index contributed by atoms with van der Waals surface area (Å²) in [4.78, 5) is 12.9. The Labute approximate surface area is 177 Å². The van der Waals surface area contributed by atoms with Gasteiger partial charge in [0.1, 0.15) is 12.4 Å². The van der Waals surface area contributed by atoms with Crippen LogP contribution >= 0.6 is 0 Å². The van der Waals surface area contributed by atoms with E-state index in [-0.39, 0.29) is 5.91 Å². The van der Waals surface area contributed by atoms with E-state index in [0.717, 1.165) is 33.8 Å². The summed E-state index contributed by atoms with van der Waals surface area (Å²) in [5.74, 6) is 1.87. The fourth-order valence-electron chi connectivity index (χ4n) is 3.31. The van der Waals surface area contributed by atoms with Gasteiger partial charge < -0.3 is 19.3 Å². The number of aromatic nitrogens is 1. The van der Waals surface area contributed by atoms with E-state index < -0.39 is 0 Å². The number of aryl methyl sites for hydroxylation is 3. The summed E-state index contributed by atoms with van der Waals surface area (Å²) in [6.07, 6.45) is 0. The van der Waals surface area contributed by atoms with E-state index in [2.05, 4.69) is 24.3 Å². The molecule has 0 radical (unpaired) electrons. The number of para-hydroxylation sites is 1. The lowest BCUT2D eigenvalue weighted by molar-refractivity contribution is 0.102. The van der Waals surface area contributed by atoms with Crippen LogP contribution < -0.4 is 14.8 Å². The van der Waals surface area contributed by atoms with E-state index in [9.17, 15) is 4.79 Å². The molecule has 30 heavy (non-hydrogen) atoms. The Morgan fingerprint density at radius 3 is 2.53 bits per heavy atom. The number of rotatable bonds is 7. The van der Waals surface area contributed by atoms with Crippen molar-refractivity contribution in [3.05, 3.63) is 70.1 Å². The van der Waals surface area contributed by atoms with Crippen molar-refractivity contribution in [2.45, 2.75) is 47.1 Å². The summed E-state index contributed by atoms with van der Waals surface area (Å²) < 4.78 is 16.5. The zero-order chi connectivity index (χ0) is 21.8. The standard InChI is InChI=1S/C24H28N2O4/c1-14(2)19-9-7-8-15(3)23(19)25-24(27)18-10-11-21(22(12-18)28-6)29-13-20-16(4)26-30-17(20)5/h7-12,14H,13H2,1-6H3,(H,25,27). The molecule has 0 saturated heterocycles. The number of hydrogen-bond acceptors (Lipinski definition) is 5. The number of nitrogens with one attached hydrogen (secondary N) is 1. The molecule has 2 aromatic carbocycles. The van der Waals surface area contributed by atoms with Gasteiger partial charge in [-0.05, 0) is 56.0 Å². The minimum atomic E-state index is -0.193. The summed E-state index contributed by atoms with van der Waals surface area (Å²) in [5.41, 5.74) is 5.18. The molecular formula is C24H28N2O4. The van der Waals surface area contributed by atoms with Crippen molar-refractivity contribution in [2.75, 3.05) is 12.4 Å². The van der Waals surface area contributed by atoms with E-state index >= 15 is 0 Å². The van der Waals surface area contributed by atoms with E-state index in [1.807, 2.05) is 39.0 Å². The maximum absolute atomic E-state index is 12.9. The molecule has 0 bridgehead atoms. The van der Waals surface area contributed by atoms with Crippen LogP contribution in [0.25, 0.3) is 0 Å². The van der Waals surface area contributed by atoms with Crippen molar-refractivity contribution in [2.24, 2.45) is 0 Å². The molecule has 1 heterocycles. The van der Waals surface area contributed by atoms with Crippen LogP contribution in [0.3, 0.4) is 0 Å². The second-order valence-corrected chi connectivity index (χ2v) is 7.61. The molecular weight excluding hydrogens is 380 g/mol. The normalized spacial score (nSPS) is 10.9. The van der Waals surface area contributed by atoms with Gasteiger partial charge in [0.05, 0.1) is 18.4 Å². The number of methoxy groups -OCH3 is 1. The third-order valence-electron chi connectivity index (χ3n) is 5.14. The molecule has 0 aliphatic carbocycles. The molecule has 158 valence electrons. The zero-order valence-corrected chi connectivity index (χ0v) is 18.3. The lowest BCUT2D eigenvalue weighted by Gasteiger charge is -2.17. The molecule has 0 atom stereocenters. The highest BCUT2D eigenvalue weighted by atomic mass is 16.5. The van der Waals surface area contributed by atoms with Crippen LogP contribution in [0.4, 0.5) is 5.69 Å². The summed E-state index contributed by atoms with van der Waals surface area (Å²) in [7, 11) is 1.55. The number of benzene rings is 2. The SMILES string of the molecule is COc1cc(C(=O)Nc2c(C)cccc2C(C)C)ccc1OCc1c(C)noc1C. The first kappa shape index (κ1) is 21.4. The number of ether oxygens (including phenoxy) is 2. The Kier molecular flexibility index (Phi) is 6.45. The van der Waals surface area contributed by atoms with Crippen LogP contribution in [-0.4, -0.2) is 18.2 Å². The molecule has 1 N–H and O–H groups in total. The second kappa shape index (κ2) is 9.03. The number of carbonyl (C=O) groups excluding carboxylic acids is 1. The van der Waals surface area contributed by atoms with Gasteiger partial charge >= 0.3 is 0 Å². The fraction of sp³-hybridized carbons (Fsp3) is 0.333. The van der Waals surface area contributed by atoms with Gasteiger partial charge in [0.15, 0.2) is 11.5 Å². The molecule has 0 aliphatic rings. The van der Waals surface area contributed by atoms with Crippen LogP contribution in [0.5, 0.6) is 11.5 Å².